The third-order valence-electron chi connectivity index (χ3n) is 3.03. The minimum Gasteiger partial charge on any atom is -0.394 e. The van der Waals surface area contributed by atoms with Crippen molar-refractivity contribution < 1.29 is 5.11 Å². The maximum Gasteiger partial charge on any atom is 0.0615 e. The molecule has 2 nitrogen and oxygen atoms in total. The standard InChI is InChI=1S/C10H21NO/c1-9(2)7-10(8-12)5-4-6-11(10)3/h9,12H,4-8H2,1-3H3. The Bertz CT molecular complexity index is 147. The minimum atomic E-state index is 0.105. The van der Waals surface area contributed by atoms with E-state index in [-0.39, 0.29) is 5.54 Å². The molecule has 1 aliphatic rings. The molecule has 1 rings (SSSR count). The first-order valence-corrected chi connectivity index (χ1v) is 4.93. The molecular formula is C10H21NO. The van der Waals surface area contributed by atoms with Gasteiger partial charge in [0.1, 0.15) is 0 Å². The van der Waals surface area contributed by atoms with Crippen molar-refractivity contribution in [2.24, 2.45) is 5.92 Å². The Kier molecular flexibility index (Phi) is 3.13. The van der Waals surface area contributed by atoms with Crippen LogP contribution in [0.15, 0.2) is 0 Å². The molecule has 0 saturated carbocycles. The van der Waals surface area contributed by atoms with Gasteiger partial charge < -0.3 is 5.11 Å². The van der Waals surface area contributed by atoms with E-state index in [1.54, 1.807) is 0 Å². The van der Waals surface area contributed by atoms with E-state index in [0.29, 0.717) is 12.5 Å². The topological polar surface area (TPSA) is 23.5 Å². The lowest BCUT2D eigenvalue weighted by Gasteiger charge is -2.36. The molecule has 12 heavy (non-hydrogen) atoms. The summed E-state index contributed by atoms with van der Waals surface area (Å²) in [6, 6.07) is 0. The number of nitrogens with zero attached hydrogens (tertiary/aromatic N) is 1. The van der Waals surface area contributed by atoms with Crippen molar-refractivity contribution in [2.45, 2.75) is 38.6 Å². The van der Waals surface area contributed by atoms with E-state index in [9.17, 15) is 5.11 Å². The van der Waals surface area contributed by atoms with E-state index in [4.69, 9.17) is 0 Å². The molecule has 0 aromatic rings. The van der Waals surface area contributed by atoms with Gasteiger partial charge in [-0.15, -0.1) is 0 Å². The van der Waals surface area contributed by atoms with Crippen LogP contribution >= 0.6 is 0 Å². The van der Waals surface area contributed by atoms with E-state index in [1.807, 2.05) is 0 Å². The fourth-order valence-electron chi connectivity index (χ4n) is 2.36. The van der Waals surface area contributed by atoms with Crippen LogP contribution in [0, 0.1) is 5.92 Å². The molecule has 1 aliphatic heterocycles. The SMILES string of the molecule is CC(C)CC1(CO)CCCN1C. The highest BCUT2D eigenvalue weighted by Gasteiger charge is 2.38. The number of aliphatic hydroxyl groups excluding tert-OH is 1. The van der Waals surface area contributed by atoms with Gasteiger partial charge in [-0.25, -0.2) is 0 Å². The predicted molar refractivity (Wildman–Crippen MR) is 51.1 cm³/mol. The minimum absolute atomic E-state index is 0.105. The summed E-state index contributed by atoms with van der Waals surface area (Å²) < 4.78 is 0. The highest BCUT2D eigenvalue weighted by atomic mass is 16.3. The van der Waals surface area contributed by atoms with Gasteiger partial charge in [-0.1, -0.05) is 13.8 Å². The molecule has 1 atom stereocenters. The van der Waals surface area contributed by atoms with E-state index in [2.05, 4.69) is 25.8 Å². The fraction of sp³-hybridized carbons (Fsp3) is 1.00. The van der Waals surface area contributed by atoms with Crippen LogP contribution in [-0.4, -0.2) is 35.7 Å². The largest absolute Gasteiger partial charge is 0.394 e. The van der Waals surface area contributed by atoms with Crippen LogP contribution in [0.3, 0.4) is 0 Å². The first-order valence-electron chi connectivity index (χ1n) is 4.93. The molecule has 0 aromatic heterocycles. The number of aliphatic hydroxyl groups is 1. The van der Waals surface area contributed by atoms with Crippen LogP contribution in [0.25, 0.3) is 0 Å². The smallest absolute Gasteiger partial charge is 0.0615 e. The zero-order valence-electron chi connectivity index (χ0n) is 8.51. The summed E-state index contributed by atoms with van der Waals surface area (Å²) >= 11 is 0. The Balaban J connectivity index is 2.61. The lowest BCUT2D eigenvalue weighted by molar-refractivity contribution is 0.0650. The Hall–Kier alpha value is -0.0800. The van der Waals surface area contributed by atoms with Gasteiger partial charge in [0, 0.05) is 5.54 Å². The molecule has 0 bridgehead atoms. The van der Waals surface area contributed by atoms with Crippen LogP contribution in [0.2, 0.25) is 0 Å². The van der Waals surface area contributed by atoms with Gasteiger partial charge in [0.25, 0.3) is 0 Å². The average Bonchev–Trinajstić information content (AvgIpc) is 2.32. The molecule has 1 N–H and O–H groups in total. The molecule has 0 spiro atoms. The first kappa shape index (κ1) is 10.0. The zero-order chi connectivity index (χ0) is 9.19. The van der Waals surface area contributed by atoms with Crippen molar-refractivity contribution in [1.29, 1.82) is 0 Å². The molecule has 0 radical (unpaired) electrons. The van der Waals surface area contributed by atoms with Crippen molar-refractivity contribution in [3.63, 3.8) is 0 Å². The molecule has 1 fully saturated rings. The average molecular weight is 171 g/mol. The summed E-state index contributed by atoms with van der Waals surface area (Å²) in [6.45, 7) is 5.92. The van der Waals surface area contributed by atoms with E-state index < -0.39 is 0 Å². The summed E-state index contributed by atoms with van der Waals surface area (Å²) in [4.78, 5) is 2.33. The quantitative estimate of drug-likeness (QED) is 0.695. The summed E-state index contributed by atoms with van der Waals surface area (Å²) in [5.74, 6) is 0.678. The molecular weight excluding hydrogens is 150 g/mol. The number of rotatable bonds is 3. The van der Waals surface area contributed by atoms with Gasteiger partial charge in [0.15, 0.2) is 0 Å². The van der Waals surface area contributed by atoms with Gasteiger partial charge in [-0.05, 0) is 38.8 Å². The van der Waals surface area contributed by atoms with E-state index >= 15 is 0 Å². The second kappa shape index (κ2) is 3.75. The Morgan fingerprint density at radius 1 is 1.50 bits per heavy atom. The first-order chi connectivity index (χ1) is 5.60. The van der Waals surface area contributed by atoms with Crippen molar-refractivity contribution in [3.05, 3.63) is 0 Å². The lowest BCUT2D eigenvalue weighted by Crippen LogP contribution is -2.45. The Labute approximate surface area is 75.6 Å². The predicted octanol–water partition coefficient (Wildman–Crippen LogP) is 1.49. The van der Waals surface area contributed by atoms with Gasteiger partial charge >= 0.3 is 0 Å². The maximum absolute atomic E-state index is 9.39. The van der Waals surface area contributed by atoms with Crippen molar-refractivity contribution >= 4 is 0 Å². The molecule has 72 valence electrons. The monoisotopic (exact) mass is 171 g/mol. The Morgan fingerprint density at radius 2 is 2.17 bits per heavy atom. The zero-order valence-corrected chi connectivity index (χ0v) is 8.51. The van der Waals surface area contributed by atoms with Crippen LogP contribution in [0.1, 0.15) is 33.1 Å². The fourth-order valence-corrected chi connectivity index (χ4v) is 2.36. The summed E-state index contributed by atoms with van der Waals surface area (Å²) in [5.41, 5.74) is 0.105. The maximum atomic E-state index is 9.39. The highest BCUT2D eigenvalue weighted by molar-refractivity contribution is 4.94. The molecule has 0 aromatic carbocycles. The van der Waals surface area contributed by atoms with Crippen LogP contribution in [0.4, 0.5) is 0 Å². The number of hydrogen-bond donors (Lipinski definition) is 1. The molecule has 1 unspecified atom stereocenters. The summed E-state index contributed by atoms with van der Waals surface area (Å²) in [5, 5.41) is 9.39. The van der Waals surface area contributed by atoms with Crippen LogP contribution < -0.4 is 0 Å². The number of likely N-dealkylation sites (N-methyl/N-ethyl adjacent to an activating group) is 1. The van der Waals surface area contributed by atoms with Crippen LogP contribution in [0.5, 0.6) is 0 Å². The van der Waals surface area contributed by atoms with Crippen molar-refractivity contribution in [1.82, 2.24) is 4.90 Å². The lowest BCUT2D eigenvalue weighted by atomic mass is 9.87. The Morgan fingerprint density at radius 3 is 2.50 bits per heavy atom. The number of hydrogen-bond acceptors (Lipinski definition) is 2. The van der Waals surface area contributed by atoms with Crippen molar-refractivity contribution in [3.8, 4) is 0 Å². The van der Waals surface area contributed by atoms with E-state index in [1.165, 1.54) is 6.42 Å². The normalized spacial score (nSPS) is 31.8. The third-order valence-corrected chi connectivity index (χ3v) is 3.03. The third kappa shape index (κ3) is 1.80. The van der Waals surface area contributed by atoms with Gasteiger partial charge in [-0.3, -0.25) is 4.90 Å². The van der Waals surface area contributed by atoms with Crippen LogP contribution in [-0.2, 0) is 0 Å². The van der Waals surface area contributed by atoms with Gasteiger partial charge in [0.2, 0.25) is 0 Å². The molecule has 1 saturated heterocycles. The molecule has 0 aliphatic carbocycles. The second-order valence-electron chi connectivity index (χ2n) is 4.51. The summed E-state index contributed by atoms with van der Waals surface area (Å²) in [6.07, 6.45) is 3.53. The molecule has 1 heterocycles. The number of likely N-dealkylation sites (tertiary alicyclic amines) is 1. The van der Waals surface area contributed by atoms with Gasteiger partial charge in [-0.2, -0.15) is 0 Å². The second-order valence-corrected chi connectivity index (χ2v) is 4.51. The summed E-state index contributed by atoms with van der Waals surface area (Å²) in [7, 11) is 2.13. The van der Waals surface area contributed by atoms with E-state index in [0.717, 1.165) is 19.4 Å². The molecule has 2 heteroatoms. The van der Waals surface area contributed by atoms with Crippen molar-refractivity contribution in [2.75, 3.05) is 20.2 Å². The van der Waals surface area contributed by atoms with Gasteiger partial charge in [0.05, 0.1) is 6.61 Å². The molecule has 0 amide bonds. The highest BCUT2D eigenvalue weighted by Crippen LogP contribution is 2.33.